The van der Waals surface area contributed by atoms with E-state index in [1.165, 1.54) is 0 Å². The van der Waals surface area contributed by atoms with E-state index >= 15 is 0 Å². The molecule has 1 aromatic carbocycles. The van der Waals surface area contributed by atoms with E-state index < -0.39 is 5.41 Å². The first kappa shape index (κ1) is 16.0. The summed E-state index contributed by atoms with van der Waals surface area (Å²) in [6.45, 7) is 7.58. The third-order valence-electron chi connectivity index (χ3n) is 3.96. The normalized spacial score (nSPS) is 12.3. The van der Waals surface area contributed by atoms with Crippen LogP contribution in [0.5, 0.6) is 0 Å². The second kappa shape index (κ2) is 6.41. The SMILES string of the molecule is CCC(CC)(C(=O)Nc1c(C)cccc1C)C(N)=NO. The van der Waals surface area contributed by atoms with Gasteiger partial charge in [0.2, 0.25) is 5.91 Å². The van der Waals surface area contributed by atoms with E-state index in [0.29, 0.717) is 12.8 Å². The lowest BCUT2D eigenvalue weighted by atomic mass is 9.80. The zero-order valence-electron chi connectivity index (χ0n) is 12.5. The highest BCUT2D eigenvalue weighted by Crippen LogP contribution is 2.30. The molecule has 0 aliphatic heterocycles. The van der Waals surface area contributed by atoms with Gasteiger partial charge in [0.15, 0.2) is 5.84 Å². The molecule has 0 aromatic heterocycles. The highest BCUT2D eigenvalue weighted by molar-refractivity contribution is 6.12. The van der Waals surface area contributed by atoms with E-state index in [0.717, 1.165) is 16.8 Å². The molecule has 0 aliphatic carbocycles. The summed E-state index contributed by atoms with van der Waals surface area (Å²) in [5, 5.41) is 14.9. The molecule has 0 saturated carbocycles. The summed E-state index contributed by atoms with van der Waals surface area (Å²) in [5.74, 6) is -0.290. The average Bonchev–Trinajstić information content (AvgIpc) is 2.44. The van der Waals surface area contributed by atoms with Gasteiger partial charge in [-0.15, -0.1) is 0 Å². The standard InChI is InChI=1S/C15H23N3O2/c1-5-15(6-2,13(16)18-20)14(19)17-12-10(3)8-7-9-11(12)4/h7-9,20H,5-6H2,1-4H3,(H2,16,18)(H,17,19). The molecule has 0 heterocycles. The predicted molar refractivity (Wildman–Crippen MR) is 81.0 cm³/mol. The summed E-state index contributed by atoms with van der Waals surface area (Å²) in [6.07, 6.45) is 0.937. The van der Waals surface area contributed by atoms with Crippen LogP contribution in [0.25, 0.3) is 0 Å². The van der Waals surface area contributed by atoms with Crippen molar-refractivity contribution in [2.45, 2.75) is 40.5 Å². The number of anilines is 1. The fraction of sp³-hybridized carbons (Fsp3) is 0.467. The molecule has 1 aromatic rings. The van der Waals surface area contributed by atoms with Gasteiger partial charge in [0.25, 0.3) is 0 Å². The van der Waals surface area contributed by atoms with Crippen molar-refractivity contribution in [1.29, 1.82) is 0 Å². The minimum absolute atomic E-state index is 0.0498. The molecular formula is C15H23N3O2. The summed E-state index contributed by atoms with van der Waals surface area (Å²) in [5.41, 5.74) is 7.52. The van der Waals surface area contributed by atoms with E-state index in [4.69, 9.17) is 10.9 Å². The van der Waals surface area contributed by atoms with Gasteiger partial charge in [0.1, 0.15) is 5.41 Å². The van der Waals surface area contributed by atoms with Crippen LogP contribution < -0.4 is 11.1 Å². The van der Waals surface area contributed by atoms with E-state index in [9.17, 15) is 4.79 Å². The van der Waals surface area contributed by atoms with Crippen molar-refractivity contribution in [2.24, 2.45) is 16.3 Å². The summed E-state index contributed by atoms with van der Waals surface area (Å²) >= 11 is 0. The predicted octanol–water partition coefficient (Wildman–Crippen LogP) is 2.79. The number of carbonyl (C=O) groups is 1. The summed E-state index contributed by atoms with van der Waals surface area (Å²) in [7, 11) is 0. The molecule has 5 nitrogen and oxygen atoms in total. The molecule has 0 aliphatic rings. The number of oxime groups is 1. The molecule has 4 N–H and O–H groups in total. The Balaban J connectivity index is 3.16. The highest BCUT2D eigenvalue weighted by Gasteiger charge is 2.40. The molecule has 110 valence electrons. The minimum atomic E-state index is -0.983. The molecule has 0 unspecified atom stereocenters. The monoisotopic (exact) mass is 277 g/mol. The van der Waals surface area contributed by atoms with Gasteiger partial charge >= 0.3 is 0 Å². The van der Waals surface area contributed by atoms with Crippen molar-refractivity contribution in [1.82, 2.24) is 0 Å². The fourth-order valence-corrected chi connectivity index (χ4v) is 2.39. The number of benzene rings is 1. The first-order chi connectivity index (χ1) is 9.42. The number of para-hydroxylation sites is 1. The second-order valence-electron chi connectivity index (χ2n) is 5.00. The molecule has 0 atom stereocenters. The number of amidine groups is 1. The Morgan fingerprint density at radius 3 is 2.20 bits per heavy atom. The van der Waals surface area contributed by atoms with Crippen LogP contribution in [0.3, 0.4) is 0 Å². The molecule has 1 amide bonds. The van der Waals surface area contributed by atoms with Gasteiger partial charge in [0, 0.05) is 5.69 Å². The van der Waals surface area contributed by atoms with Gasteiger partial charge in [0.05, 0.1) is 0 Å². The lowest BCUT2D eigenvalue weighted by molar-refractivity contribution is -0.122. The number of carbonyl (C=O) groups excluding carboxylic acids is 1. The number of nitrogens with one attached hydrogen (secondary N) is 1. The lowest BCUT2D eigenvalue weighted by Crippen LogP contribution is -2.46. The molecule has 20 heavy (non-hydrogen) atoms. The maximum atomic E-state index is 12.6. The molecule has 5 heteroatoms. The number of aryl methyl sites for hydroxylation is 2. The van der Waals surface area contributed by atoms with E-state index in [-0.39, 0.29) is 11.7 Å². The van der Waals surface area contributed by atoms with Crippen LogP contribution in [-0.2, 0) is 4.79 Å². The number of nitrogens with two attached hydrogens (primary N) is 1. The molecule has 0 saturated heterocycles. The Labute approximate surface area is 119 Å². The van der Waals surface area contributed by atoms with Crippen LogP contribution in [0.2, 0.25) is 0 Å². The van der Waals surface area contributed by atoms with E-state index in [2.05, 4.69) is 10.5 Å². The smallest absolute Gasteiger partial charge is 0.238 e. The van der Waals surface area contributed by atoms with Crippen molar-refractivity contribution in [2.75, 3.05) is 5.32 Å². The third kappa shape index (κ3) is 2.76. The van der Waals surface area contributed by atoms with Gasteiger partial charge in [-0.1, -0.05) is 37.2 Å². The Kier molecular flexibility index (Phi) is 5.13. The first-order valence-corrected chi connectivity index (χ1v) is 6.78. The number of nitrogens with zero attached hydrogens (tertiary/aromatic N) is 1. The summed E-state index contributed by atoms with van der Waals surface area (Å²) < 4.78 is 0. The quantitative estimate of drug-likeness (QED) is 0.335. The van der Waals surface area contributed by atoms with E-state index in [1.807, 2.05) is 45.9 Å². The first-order valence-electron chi connectivity index (χ1n) is 6.78. The van der Waals surface area contributed by atoms with E-state index in [1.54, 1.807) is 0 Å². The number of amides is 1. The van der Waals surface area contributed by atoms with Crippen molar-refractivity contribution < 1.29 is 10.0 Å². The maximum absolute atomic E-state index is 12.6. The van der Waals surface area contributed by atoms with Gasteiger partial charge in [-0.25, -0.2) is 0 Å². The number of hydrogen-bond acceptors (Lipinski definition) is 3. The fourth-order valence-electron chi connectivity index (χ4n) is 2.39. The van der Waals surface area contributed by atoms with Gasteiger partial charge in [-0.3, -0.25) is 4.79 Å². The van der Waals surface area contributed by atoms with Crippen molar-refractivity contribution >= 4 is 17.4 Å². The van der Waals surface area contributed by atoms with Crippen molar-refractivity contribution in [3.63, 3.8) is 0 Å². The van der Waals surface area contributed by atoms with Crippen molar-refractivity contribution in [3.05, 3.63) is 29.3 Å². The van der Waals surface area contributed by atoms with Crippen LogP contribution in [0.4, 0.5) is 5.69 Å². The topological polar surface area (TPSA) is 87.7 Å². The lowest BCUT2D eigenvalue weighted by Gasteiger charge is -2.29. The Morgan fingerprint density at radius 2 is 1.80 bits per heavy atom. The largest absolute Gasteiger partial charge is 0.409 e. The molecule has 0 bridgehead atoms. The van der Waals surface area contributed by atoms with Crippen LogP contribution in [0, 0.1) is 19.3 Å². The van der Waals surface area contributed by atoms with Crippen LogP contribution >= 0.6 is 0 Å². The number of hydrogen-bond donors (Lipinski definition) is 3. The summed E-state index contributed by atoms with van der Waals surface area (Å²) in [6, 6.07) is 5.81. The average molecular weight is 277 g/mol. The van der Waals surface area contributed by atoms with Crippen LogP contribution in [0.1, 0.15) is 37.8 Å². The molecule has 1 rings (SSSR count). The number of rotatable bonds is 5. The second-order valence-corrected chi connectivity index (χ2v) is 5.00. The zero-order valence-corrected chi connectivity index (χ0v) is 12.5. The maximum Gasteiger partial charge on any atom is 0.238 e. The minimum Gasteiger partial charge on any atom is -0.409 e. The Hall–Kier alpha value is -2.04. The van der Waals surface area contributed by atoms with Gasteiger partial charge in [-0.2, -0.15) is 0 Å². The zero-order chi connectivity index (χ0) is 15.3. The van der Waals surface area contributed by atoms with Gasteiger partial charge < -0.3 is 16.3 Å². The Morgan fingerprint density at radius 1 is 1.30 bits per heavy atom. The van der Waals surface area contributed by atoms with Crippen LogP contribution in [-0.4, -0.2) is 17.0 Å². The highest BCUT2D eigenvalue weighted by atomic mass is 16.4. The molecular weight excluding hydrogens is 254 g/mol. The molecule has 0 spiro atoms. The molecule has 0 radical (unpaired) electrons. The van der Waals surface area contributed by atoms with Crippen molar-refractivity contribution in [3.8, 4) is 0 Å². The van der Waals surface area contributed by atoms with Crippen LogP contribution in [0.15, 0.2) is 23.4 Å². The molecule has 0 fully saturated rings. The third-order valence-corrected chi connectivity index (χ3v) is 3.96. The summed E-state index contributed by atoms with van der Waals surface area (Å²) in [4.78, 5) is 12.6. The Bertz CT molecular complexity index is 500. The van der Waals surface area contributed by atoms with Gasteiger partial charge in [-0.05, 0) is 37.8 Å².